The summed E-state index contributed by atoms with van der Waals surface area (Å²) in [4.78, 5) is 30.2. The highest BCUT2D eigenvalue weighted by atomic mass is 16.5. The van der Waals surface area contributed by atoms with Crippen LogP contribution >= 0.6 is 0 Å². The number of amides is 1. The lowest BCUT2D eigenvalue weighted by atomic mass is 10.1. The van der Waals surface area contributed by atoms with Gasteiger partial charge in [-0.15, -0.1) is 0 Å². The summed E-state index contributed by atoms with van der Waals surface area (Å²) in [5, 5.41) is 2.86. The average molecular weight is 339 g/mol. The van der Waals surface area contributed by atoms with E-state index >= 15 is 0 Å². The first kappa shape index (κ1) is 17.0. The van der Waals surface area contributed by atoms with Gasteiger partial charge in [-0.3, -0.25) is 4.79 Å². The van der Waals surface area contributed by atoms with Crippen LogP contribution in [-0.4, -0.2) is 37.1 Å². The summed E-state index contributed by atoms with van der Waals surface area (Å²) < 4.78 is 4.66. The van der Waals surface area contributed by atoms with Crippen molar-refractivity contribution in [3.05, 3.63) is 59.3 Å². The third-order valence-electron chi connectivity index (χ3n) is 4.27. The van der Waals surface area contributed by atoms with E-state index in [1.165, 1.54) is 20.0 Å². The molecule has 2 heterocycles. The number of aromatic nitrogens is 1. The Morgan fingerprint density at radius 2 is 1.76 bits per heavy atom. The number of esters is 1. The Morgan fingerprint density at radius 1 is 1.08 bits per heavy atom. The van der Waals surface area contributed by atoms with E-state index in [0.29, 0.717) is 17.7 Å². The Morgan fingerprint density at radius 3 is 2.36 bits per heavy atom. The molecule has 25 heavy (non-hydrogen) atoms. The van der Waals surface area contributed by atoms with Gasteiger partial charge in [0.15, 0.2) is 0 Å². The van der Waals surface area contributed by atoms with Crippen LogP contribution in [0.2, 0.25) is 0 Å². The number of carbonyl (C=O) groups excluding carboxylic acids is 2. The quantitative estimate of drug-likeness (QED) is 0.847. The first-order valence-electron chi connectivity index (χ1n) is 8.34. The van der Waals surface area contributed by atoms with Crippen molar-refractivity contribution < 1.29 is 14.3 Å². The molecule has 1 amide bonds. The number of hydrogen-bond donors (Lipinski definition) is 1. The zero-order valence-corrected chi connectivity index (χ0v) is 14.2. The van der Waals surface area contributed by atoms with Gasteiger partial charge < -0.3 is 15.0 Å². The highest BCUT2D eigenvalue weighted by molar-refractivity contribution is 5.94. The lowest BCUT2D eigenvalue weighted by Crippen LogP contribution is -2.23. The third kappa shape index (κ3) is 4.15. The minimum Gasteiger partial charge on any atom is -0.465 e. The minimum absolute atomic E-state index is 0.169. The largest absolute Gasteiger partial charge is 0.465 e. The molecule has 0 bridgehead atoms. The summed E-state index contributed by atoms with van der Waals surface area (Å²) in [6.07, 6.45) is 4.00. The summed E-state index contributed by atoms with van der Waals surface area (Å²) in [6, 6.07) is 10.6. The Labute approximate surface area is 146 Å². The van der Waals surface area contributed by atoms with Crippen LogP contribution in [0.1, 0.15) is 39.1 Å². The van der Waals surface area contributed by atoms with Crippen molar-refractivity contribution in [3.63, 3.8) is 0 Å². The summed E-state index contributed by atoms with van der Waals surface area (Å²) in [6.45, 7) is 2.44. The molecule has 130 valence electrons. The maximum absolute atomic E-state index is 12.2. The number of benzene rings is 1. The van der Waals surface area contributed by atoms with E-state index in [2.05, 4.69) is 19.9 Å². The van der Waals surface area contributed by atoms with Crippen LogP contribution in [0.15, 0.2) is 42.6 Å². The lowest BCUT2D eigenvalue weighted by molar-refractivity contribution is 0.0600. The van der Waals surface area contributed by atoms with E-state index in [9.17, 15) is 9.59 Å². The van der Waals surface area contributed by atoms with Crippen molar-refractivity contribution in [2.24, 2.45) is 0 Å². The Balaban J connectivity index is 1.56. The fourth-order valence-corrected chi connectivity index (χ4v) is 2.81. The Kier molecular flexibility index (Phi) is 5.28. The van der Waals surface area contributed by atoms with Crippen LogP contribution in [-0.2, 0) is 11.3 Å². The summed E-state index contributed by atoms with van der Waals surface area (Å²) in [5.41, 5.74) is 1.93. The number of ether oxygens (including phenoxy) is 1. The average Bonchev–Trinajstić information content (AvgIpc) is 3.21. The molecule has 0 saturated carbocycles. The predicted molar refractivity (Wildman–Crippen MR) is 94.6 cm³/mol. The third-order valence-corrected chi connectivity index (χ3v) is 4.27. The van der Waals surface area contributed by atoms with Crippen LogP contribution in [0.4, 0.5) is 5.82 Å². The van der Waals surface area contributed by atoms with Gasteiger partial charge in [-0.05, 0) is 42.7 Å². The molecule has 0 atom stereocenters. The number of nitrogens with one attached hydrogen (secondary N) is 1. The molecule has 6 heteroatoms. The maximum atomic E-state index is 12.2. The van der Waals surface area contributed by atoms with E-state index < -0.39 is 0 Å². The second-order valence-corrected chi connectivity index (χ2v) is 5.97. The molecule has 1 aliphatic heterocycles. The number of anilines is 1. The molecule has 1 aromatic heterocycles. The number of methoxy groups -OCH3 is 1. The van der Waals surface area contributed by atoms with Crippen LogP contribution in [0.3, 0.4) is 0 Å². The zero-order valence-electron chi connectivity index (χ0n) is 14.2. The number of hydrogen-bond acceptors (Lipinski definition) is 5. The minimum atomic E-state index is -0.375. The van der Waals surface area contributed by atoms with Crippen LogP contribution < -0.4 is 10.2 Å². The summed E-state index contributed by atoms with van der Waals surface area (Å²) >= 11 is 0. The van der Waals surface area contributed by atoms with Gasteiger partial charge in [-0.25, -0.2) is 9.78 Å². The van der Waals surface area contributed by atoms with E-state index in [-0.39, 0.29) is 11.9 Å². The maximum Gasteiger partial charge on any atom is 0.337 e. The van der Waals surface area contributed by atoms with E-state index in [0.717, 1.165) is 24.5 Å². The smallest absolute Gasteiger partial charge is 0.337 e. The Hall–Kier alpha value is -2.89. The van der Waals surface area contributed by atoms with Crippen LogP contribution in [0.25, 0.3) is 0 Å². The molecule has 6 nitrogen and oxygen atoms in total. The molecular formula is C19H21N3O3. The number of nitrogens with zero attached hydrogens (tertiary/aromatic N) is 2. The van der Waals surface area contributed by atoms with Crippen molar-refractivity contribution in [1.82, 2.24) is 10.3 Å². The van der Waals surface area contributed by atoms with Crippen molar-refractivity contribution in [1.29, 1.82) is 0 Å². The SMILES string of the molecule is COC(=O)c1ccc(CNC(=O)c2ccc(N3CCCC3)nc2)cc1. The van der Waals surface area contributed by atoms with Gasteiger partial charge in [0.1, 0.15) is 5.82 Å². The van der Waals surface area contributed by atoms with Gasteiger partial charge in [-0.1, -0.05) is 12.1 Å². The molecule has 1 aliphatic rings. The highest BCUT2D eigenvalue weighted by Gasteiger charge is 2.14. The van der Waals surface area contributed by atoms with Crippen molar-refractivity contribution >= 4 is 17.7 Å². The molecule has 1 fully saturated rings. The second kappa shape index (κ2) is 7.79. The van der Waals surface area contributed by atoms with Gasteiger partial charge in [0, 0.05) is 25.8 Å². The van der Waals surface area contributed by atoms with Gasteiger partial charge in [-0.2, -0.15) is 0 Å². The predicted octanol–water partition coefficient (Wildman–Crippen LogP) is 2.40. The van der Waals surface area contributed by atoms with Gasteiger partial charge in [0.25, 0.3) is 5.91 Å². The van der Waals surface area contributed by atoms with E-state index in [4.69, 9.17) is 0 Å². The zero-order chi connectivity index (χ0) is 17.6. The molecule has 0 radical (unpaired) electrons. The normalized spacial score (nSPS) is 13.6. The first-order valence-corrected chi connectivity index (χ1v) is 8.34. The molecule has 1 saturated heterocycles. The topological polar surface area (TPSA) is 71.5 Å². The fraction of sp³-hybridized carbons (Fsp3) is 0.316. The van der Waals surface area contributed by atoms with Crippen molar-refractivity contribution in [2.45, 2.75) is 19.4 Å². The fourth-order valence-electron chi connectivity index (χ4n) is 2.81. The monoisotopic (exact) mass is 339 g/mol. The summed E-state index contributed by atoms with van der Waals surface area (Å²) in [7, 11) is 1.35. The number of pyridine rings is 1. The lowest BCUT2D eigenvalue weighted by Gasteiger charge is -2.16. The molecule has 1 N–H and O–H groups in total. The van der Waals surface area contributed by atoms with Gasteiger partial charge in [0.2, 0.25) is 0 Å². The number of carbonyl (C=O) groups is 2. The molecule has 0 aliphatic carbocycles. The molecule has 3 rings (SSSR count). The van der Waals surface area contributed by atoms with Crippen LogP contribution in [0.5, 0.6) is 0 Å². The van der Waals surface area contributed by atoms with E-state index in [1.807, 2.05) is 6.07 Å². The molecule has 1 aromatic carbocycles. The second-order valence-electron chi connectivity index (χ2n) is 5.97. The van der Waals surface area contributed by atoms with Crippen molar-refractivity contribution in [3.8, 4) is 0 Å². The van der Waals surface area contributed by atoms with Crippen molar-refractivity contribution in [2.75, 3.05) is 25.1 Å². The molecule has 0 spiro atoms. The van der Waals surface area contributed by atoms with Gasteiger partial charge >= 0.3 is 5.97 Å². The highest BCUT2D eigenvalue weighted by Crippen LogP contribution is 2.17. The van der Waals surface area contributed by atoms with Gasteiger partial charge in [0.05, 0.1) is 18.2 Å². The first-order chi connectivity index (χ1) is 12.2. The Bertz CT molecular complexity index is 736. The van der Waals surface area contributed by atoms with E-state index in [1.54, 1.807) is 36.5 Å². The molecule has 2 aromatic rings. The number of rotatable bonds is 5. The molecule has 0 unspecified atom stereocenters. The standard InChI is InChI=1S/C19H21N3O3/c1-25-19(24)15-6-4-14(5-7-15)12-21-18(23)16-8-9-17(20-13-16)22-10-2-3-11-22/h4-9,13H,2-3,10-12H2,1H3,(H,21,23). The summed E-state index contributed by atoms with van der Waals surface area (Å²) in [5.74, 6) is 0.379. The van der Waals surface area contributed by atoms with Crippen LogP contribution in [0, 0.1) is 0 Å². The molecular weight excluding hydrogens is 318 g/mol.